The standard InChI is InChI=1S/C9H8O.BH3.Cu/c1-2-6-9-8(4-1)5-3-7-10-9;;/h1-6H,7H2;1H3;. The molecule has 1 aliphatic rings. The minimum Gasteiger partial charge on any atom is -0.489 e. The molecular formula is C9H11BCuO. The summed E-state index contributed by atoms with van der Waals surface area (Å²) in [7, 11) is 0. The molecule has 1 aromatic carbocycles. The molecule has 0 saturated carbocycles. The normalized spacial score (nSPS) is 11.7. The molecule has 0 atom stereocenters. The van der Waals surface area contributed by atoms with Crippen molar-refractivity contribution >= 4 is 14.5 Å². The Balaban J connectivity index is 0.000000605. The Morgan fingerprint density at radius 1 is 1.17 bits per heavy atom. The summed E-state index contributed by atoms with van der Waals surface area (Å²) in [4.78, 5) is 0. The third-order valence-corrected chi connectivity index (χ3v) is 1.55. The van der Waals surface area contributed by atoms with E-state index in [1.165, 1.54) is 5.56 Å². The van der Waals surface area contributed by atoms with Gasteiger partial charge < -0.3 is 4.74 Å². The topological polar surface area (TPSA) is 9.23 Å². The number of fused-ring (bicyclic) bond motifs is 1. The third-order valence-electron chi connectivity index (χ3n) is 1.55. The van der Waals surface area contributed by atoms with E-state index in [0.29, 0.717) is 6.61 Å². The molecule has 1 aromatic rings. The smallest absolute Gasteiger partial charge is 0.126 e. The molecule has 0 unspecified atom stereocenters. The quantitative estimate of drug-likeness (QED) is 0.577. The molecule has 1 nitrogen and oxygen atoms in total. The summed E-state index contributed by atoms with van der Waals surface area (Å²) < 4.78 is 5.34. The van der Waals surface area contributed by atoms with Crippen LogP contribution in [0.15, 0.2) is 30.3 Å². The molecule has 1 heterocycles. The molecule has 0 saturated heterocycles. The first-order chi connectivity index (χ1) is 4.97. The van der Waals surface area contributed by atoms with Crippen LogP contribution in [0.1, 0.15) is 5.56 Å². The Labute approximate surface area is 84.9 Å². The van der Waals surface area contributed by atoms with Crippen LogP contribution < -0.4 is 4.74 Å². The number of hydrogen-bond acceptors (Lipinski definition) is 1. The molecule has 67 valence electrons. The monoisotopic (exact) mass is 209 g/mol. The van der Waals surface area contributed by atoms with Gasteiger partial charge in [-0.3, -0.25) is 0 Å². The Morgan fingerprint density at radius 2 is 1.92 bits per heavy atom. The van der Waals surface area contributed by atoms with Crippen LogP contribution in [0.2, 0.25) is 0 Å². The Bertz CT molecular complexity index is 273. The van der Waals surface area contributed by atoms with E-state index < -0.39 is 0 Å². The summed E-state index contributed by atoms with van der Waals surface area (Å²) in [5.74, 6) is 0.991. The van der Waals surface area contributed by atoms with Gasteiger partial charge in [0.1, 0.15) is 12.4 Å². The van der Waals surface area contributed by atoms with Crippen LogP contribution in [0.5, 0.6) is 5.75 Å². The molecule has 2 rings (SSSR count). The van der Waals surface area contributed by atoms with E-state index in [1.54, 1.807) is 0 Å². The van der Waals surface area contributed by atoms with E-state index in [4.69, 9.17) is 4.74 Å². The maximum atomic E-state index is 5.34. The first-order valence-electron chi connectivity index (χ1n) is 3.35. The largest absolute Gasteiger partial charge is 0.489 e. The van der Waals surface area contributed by atoms with Crippen LogP contribution in [-0.2, 0) is 17.1 Å². The van der Waals surface area contributed by atoms with Gasteiger partial charge in [0, 0.05) is 22.6 Å². The van der Waals surface area contributed by atoms with Crippen molar-refractivity contribution in [3.05, 3.63) is 35.9 Å². The fourth-order valence-corrected chi connectivity index (χ4v) is 1.06. The van der Waals surface area contributed by atoms with Gasteiger partial charge in [-0.15, -0.1) is 0 Å². The molecule has 0 fully saturated rings. The fourth-order valence-electron chi connectivity index (χ4n) is 1.06. The van der Waals surface area contributed by atoms with Crippen LogP contribution in [0.25, 0.3) is 6.08 Å². The molecule has 1 aliphatic heterocycles. The van der Waals surface area contributed by atoms with Crippen molar-refractivity contribution in [3.63, 3.8) is 0 Å². The van der Waals surface area contributed by atoms with Gasteiger partial charge in [0.05, 0.1) is 8.41 Å². The predicted molar refractivity (Wildman–Crippen MR) is 50.9 cm³/mol. The summed E-state index contributed by atoms with van der Waals surface area (Å²) in [5, 5.41) is 0. The summed E-state index contributed by atoms with van der Waals surface area (Å²) in [5.41, 5.74) is 1.17. The van der Waals surface area contributed by atoms with Crippen molar-refractivity contribution in [2.75, 3.05) is 6.61 Å². The van der Waals surface area contributed by atoms with Crippen molar-refractivity contribution in [3.8, 4) is 5.75 Å². The zero-order chi connectivity index (χ0) is 6.81. The summed E-state index contributed by atoms with van der Waals surface area (Å²) in [6.07, 6.45) is 4.10. The van der Waals surface area contributed by atoms with E-state index in [-0.39, 0.29) is 25.5 Å². The van der Waals surface area contributed by atoms with Gasteiger partial charge in [-0.2, -0.15) is 0 Å². The van der Waals surface area contributed by atoms with Gasteiger partial charge in [0.15, 0.2) is 0 Å². The summed E-state index contributed by atoms with van der Waals surface area (Å²) >= 11 is 0. The summed E-state index contributed by atoms with van der Waals surface area (Å²) in [6, 6.07) is 8.03. The maximum Gasteiger partial charge on any atom is 0.126 e. The molecule has 0 amide bonds. The van der Waals surface area contributed by atoms with E-state index in [0.717, 1.165) is 5.75 Å². The molecular weight excluding hydrogens is 198 g/mol. The van der Waals surface area contributed by atoms with E-state index in [9.17, 15) is 0 Å². The van der Waals surface area contributed by atoms with Crippen LogP contribution in [0, 0.1) is 0 Å². The Hall–Kier alpha value is -0.656. The van der Waals surface area contributed by atoms with Gasteiger partial charge in [-0.05, 0) is 12.1 Å². The average Bonchev–Trinajstić information content (AvgIpc) is 2.05. The predicted octanol–water partition coefficient (Wildman–Crippen LogP) is 0.906. The second-order valence-electron chi connectivity index (χ2n) is 2.25. The fraction of sp³-hybridized carbons (Fsp3) is 0.111. The van der Waals surface area contributed by atoms with Crippen LogP contribution in [0.4, 0.5) is 0 Å². The average molecular weight is 210 g/mol. The number of para-hydroxylation sites is 1. The van der Waals surface area contributed by atoms with Crippen molar-refractivity contribution in [2.24, 2.45) is 0 Å². The maximum absolute atomic E-state index is 5.34. The van der Waals surface area contributed by atoms with Crippen molar-refractivity contribution in [2.45, 2.75) is 0 Å². The zero-order valence-corrected chi connectivity index (χ0v) is 6.82. The molecule has 0 spiro atoms. The minimum absolute atomic E-state index is 0. The van der Waals surface area contributed by atoms with Crippen LogP contribution >= 0.6 is 0 Å². The van der Waals surface area contributed by atoms with Gasteiger partial charge in [-0.25, -0.2) is 0 Å². The molecule has 0 aliphatic carbocycles. The van der Waals surface area contributed by atoms with Gasteiger partial charge >= 0.3 is 0 Å². The molecule has 1 radical (unpaired) electrons. The zero-order valence-electron chi connectivity index (χ0n) is 5.88. The van der Waals surface area contributed by atoms with Gasteiger partial charge in [0.25, 0.3) is 0 Å². The SMILES string of the molecule is B.C1=Cc2ccccc2OC1.[Cu]. The van der Waals surface area contributed by atoms with Gasteiger partial charge in [0.2, 0.25) is 0 Å². The van der Waals surface area contributed by atoms with Crippen molar-refractivity contribution in [1.29, 1.82) is 0 Å². The summed E-state index contributed by atoms with van der Waals surface area (Å²) in [6.45, 7) is 0.705. The Kier molecular flexibility index (Phi) is 4.80. The van der Waals surface area contributed by atoms with Crippen LogP contribution in [0.3, 0.4) is 0 Å². The number of rotatable bonds is 0. The van der Waals surface area contributed by atoms with E-state index in [1.807, 2.05) is 30.3 Å². The second-order valence-corrected chi connectivity index (χ2v) is 2.25. The minimum atomic E-state index is 0. The van der Waals surface area contributed by atoms with Crippen molar-refractivity contribution in [1.82, 2.24) is 0 Å². The number of benzene rings is 1. The van der Waals surface area contributed by atoms with Gasteiger partial charge in [-0.1, -0.05) is 24.3 Å². The van der Waals surface area contributed by atoms with Crippen LogP contribution in [-0.4, -0.2) is 15.0 Å². The molecule has 3 heteroatoms. The van der Waals surface area contributed by atoms with E-state index >= 15 is 0 Å². The molecule has 0 aromatic heterocycles. The molecule has 12 heavy (non-hydrogen) atoms. The Morgan fingerprint density at radius 3 is 2.67 bits per heavy atom. The molecule has 0 N–H and O–H groups in total. The molecule has 0 bridgehead atoms. The number of ether oxygens (including phenoxy) is 1. The first kappa shape index (κ1) is 11.3. The first-order valence-corrected chi connectivity index (χ1v) is 3.35. The van der Waals surface area contributed by atoms with Crippen molar-refractivity contribution < 1.29 is 21.8 Å². The second kappa shape index (κ2) is 5.07. The third kappa shape index (κ3) is 2.16. The van der Waals surface area contributed by atoms with E-state index in [2.05, 4.69) is 6.08 Å². The number of hydrogen-bond donors (Lipinski definition) is 0.